The quantitative estimate of drug-likeness (QED) is 0.137. The van der Waals surface area contributed by atoms with Gasteiger partial charge >= 0.3 is 11.9 Å². The molecule has 0 aliphatic carbocycles. The molecule has 0 aromatic heterocycles. The molecule has 0 N–H and O–H groups in total. The lowest BCUT2D eigenvalue weighted by Gasteiger charge is -2.13. The zero-order valence-corrected chi connectivity index (χ0v) is 21.8. The van der Waals surface area contributed by atoms with Gasteiger partial charge in [-0.05, 0) is 104 Å². The topological polar surface area (TPSA) is 110 Å². The lowest BCUT2D eigenvalue weighted by molar-refractivity contribution is -0.134. The van der Waals surface area contributed by atoms with Crippen LogP contribution in [0.4, 0.5) is 0 Å². The van der Waals surface area contributed by atoms with Gasteiger partial charge in [0.05, 0.1) is 17.7 Å². The Hall–Kier alpha value is -0.780. The van der Waals surface area contributed by atoms with Crippen LogP contribution in [0.5, 0.6) is 11.5 Å². The van der Waals surface area contributed by atoms with Crippen LogP contribution in [0.25, 0.3) is 0 Å². The molecule has 0 radical (unpaired) electrons. The lowest BCUT2D eigenvalue weighted by atomic mass is 10.1. The molecule has 2 aromatic rings. The first-order chi connectivity index (χ1) is 13.5. The summed E-state index contributed by atoms with van der Waals surface area (Å²) in [7, 11) is -4.64. The van der Waals surface area contributed by atoms with Crippen LogP contribution < -0.4 is 9.47 Å². The average Bonchev–Trinajstić information content (AvgIpc) is 2.54. The maximum atomic E-state index is 12.1. The Balaban J connectivity index is 1.94. The van der Waals surface area contributed by atoms with E-state index in [-0.39, 0.29) is 30.6 Å². The number of esters is 2. The van der Waals surface area contributed by atoms with Crippen molar-refractivity contribution in [3.63, 3.8) is 0 Å². The monoisotopic (exact) mass is 753 g/mol. The van der Waals surface area contributed by atoms with Crippen molar-refractivity contribution in [2.45, 2.75) is 17.7 Å². The highest BCUT2D eigenvalue weighted by Crippen LogP contribution is 2.29. The predicted molar refractivity (Wildman–Crippen MR) is 129 cm³/mol. The highest BCUT2D eigenvalue weighted by atomic mass is 127. The summed E-state index contributed by atoms with van der Waals surface area (Å²) < 4.78 is 45.5. The number of carbonyl (C=O) groups is 2. The highest BCUT2D eigenvalue weighted by Gasteiger charge is 2.17. The Morgan fingerprint density at radius 3 is 1.79 bits per heavy atom. The van der Waals surface area contributed by atoms with Crippen LogP contribution in [0.1, 0.15) is 12.8 Å². The van der Waals surface area contributed by atoms with Crippen LogP contribution in [0.15, 0.2) is 53.4 Å². The Labute approximate surface area is 208 Å². The Bertz CT molecular complexity index is 1040. The number of halogens is 3. The van der Waals surface area contributed by atoms with E-state index >= 15 is 0 Å². The third-order valence-corrected chi connectivity index (χ3v) is 7.38. The molecule has 0 fully saturated rings. The molecular formula is C18H12I3O7S-. The summed E-state index contributed by atoms with van der Waals surface area (Å²) in [4.78, 5) is 23.7. The molecule has 7 nitrogen and oxygen atoms in total. The van der Waals surface area contributed by atoms with E-state index in [1.165, 1.54) is 12.1 Å². The minimum Gasteiger partial charge on any atom is -0.744 e. The summed E-state index contributed by atoms with van der Waals surface area (Å²) in [6, 6.07) is 9.46. The minimum atomic E-state index is -4.64. The standard InChI is InChI=1S/C18H13I3O7S/c1-10(6-16(22)27-12-4-2-11(19)3-5-12)7-17(23)28-13-8-14(20)18(15(21)9-13)29(24,25)26/h2-5,8-9H,1,6-7H2,(H,24,25,26)/p-1. The fourth-order valence-electron chi connectivity index (χ4n) is 2.14. The van der Waals surface area contributed by atoms with Crippen LogP contribution in [0, 0.1) is 10.7 Å². The normalized spacial score (nSPS) is 11.0. The zero-order valence-electron chi connectivity index (χ0n) is 14.5. The van der Waals surface area contributed by atoms with Crippen molar-refractivity contribution < 1.29 is 32.0 Å². The number of hydrogen-bond acceptors (Lipinski definition) is 7. The molecule has 0 atom stereocenters. The van der Waals surface area contributed by atoms with Crippen LogP contribution in [0.2, 0.25) is 0 Å². The van der Waals surface area contributed by atoms with Crippen molar-refractivity contribution in [1.29, 1.82) is 0 Å². The van der Waals surface area contributed by atoms with Crippen molar-refractivity contribution in [2.24, 2.45) is 0 Å². The second kappa shape index (κ2) is 10.5. The number of benzene rings is 2. The van der Waals surface area contributed by atoms with E-state index in [4.69, 9.17) is 9.47 Å². The summed E-state index contributed by atoms with van der Waals surface area (Å²) in [5.74, 6) is -0.756. The fourth-order valence-corrected chi connectivity index (χ4v) is 6.43. The SMILES string of the molecule is C=C(CC(=O)Oc1ccc(I)cc1)CC(=O)Oc1cc(I)c(S(=O)(=O)[O-])c(I)c1. The Morgan fingerprint density at radius 1 is 0.897 bits per heavy atom. The number of rotatable bonds is 7. The van der Waals surface area contributed by atoms with Gasteiger partial charge in [-0.25, -0.2) is 8.42 Å². The van der Waals surface area contributed by atoms with Gasteiger partial charge in [0.2, 0.25) is 0 Å². The number of hydrogen-bond donors (Lipinski definition) is 0. The molecule has 0 unspecified atom stereocenters. The molecule has 0 saturated carbocycles. The zero-order chi connectivity index (χ0) is 21.8. The van der Waals surface area contributed by atoms with Gasteiger partial charge in [-0.15, -0.1) is 0 Å². The largest absolute Gasteiger partial charge is 0.744 e. The van der Waals surface area contributed by atoms with Crippen molar-refractivity contribution in [2.75, 3.05) is 0 Å². The van der Waals surface area contributed by atoms with Gasteiger partial charge in [-0.1, -0.05) is 12.2 Å². The van der Waals surface area contributed by atoms with E-state index in [0.717, 1.165) is 3.57 Å². The van der Waals surface area contributed by atoms with Crippen LogP contribution in [-0.2, 0) is 19.7 Å². The van der Waals surface area contributed by atoms with Gasteiger partial charge < -0.3 is 14.0 Å². The highest BCUT2D eigenvalue weighted by molar-refractivity contribution is 14.1. The second-order valence-electron chi connectivity index (χ2n) is 5.68. The summed E-state index contributed by atoms with van der Waals surface area (Å²) in [5, 5.41) is 0. The van der Waals surface area contributed by atoms with Crippen LogP contribution >= 0.6 is 67.8 Å². The second-order valence-corrected chi connectivity index (χ2v) is 10.6. The summed E-state index contributed by atoms with van der Waals surface area (Å²) in [6.45, 7) is 3.69. The summed E-state index contributed by atoms with van der Waals surface area (Å²) >= 11 is 5.50. The fraction of sp³-hybridized carbons (Fsp3) is 0.111. The first-order valence-electron chi connectivity index (χ1n) is 7.74. The van der Waals surface area contributed by atoms with Crippen molar-refractivity contribution in [1.82, 2.24) is 0 Å². The molecule has 2 rings (SSSR count). The molecule has 0 saturated heterocycles. The predicted octanol–water partition coefficient (Wildman–Crippen LogP) is 4.25. The molecule has 0 heterocycles. The third kappa shape index (κ3) is 7.76. The maximum Gasteiger partial charge on any atom is 0.315 e. The molecule has 154 valence electrons. The van der Waals surface area contributed by atoms with Crippen molar-refractivity contribution in [3.05, 3.63) is 59.3 Å². The van der Waals surface area contributed by atoms with E-state index in [0.29, 0.717) is 11.3 Å². The minimum absolute atomic E-state index is 0.0884. The number of ether oxygens (including phenoxy) is 2. The Morgan fingerprint density at radius 2 is 1.34 bits per heavy atom. The van der Waals surface area contributed by atoms with E-state index in [2.05, 4.69) is 29.2 Å². The number of carbonyl (C=O) groups excluding carboxylic acids is 2. The smallest absolute Gasteiger partial charge is 0.315 e. The van der Waals surface area contributed by atoms with Crippen LogP contribution in [-0.4, -0.2) is 24.9 Å². The summed E-state index contributed by atoms with van der Waals surface area (Å²) in [5.41, 5.74) is 0.300. The van der Waals surface area contributed by atoms with Gasteiger partial charge in [0.15, 0.2) is 0 Å². The van der Waals surface area contributed by atoms with Gasteiger partial charge in [0.25, 0.3) is 0 Å². The average molecular weight is 753 g/mol. The van der Waals surface area contributed by atoms with E-state index in [9.17, 15) is 22.6 Å². The molecule has 0 aliphatic heterocycles. The van der Waals surface area contributed by atoms with Crippen LogP contribution in [0.3, 0.4) is 0 Å². The van der Waals surface area contributed by atoms with Crippen molar-refractivity contribution in [3.8, 4) is 11.5 Å². The molecule has 29 heavy (non-hydrogen) atoms. The van der Waals surface area contributed by atoms with E-state index < -0.39 is 22.1 Å². The Kier molecular flexibility index (Phi) is 8.87. The first kappa shape index (κ1) is 24.5. The molecule has 11 heteroatoms. The van der Waals surface area contributed by atoms with Gasteiger partial charge in [-0.3, -0.25) is 9.59 Å². The summed E-state index contributed by atoms with van der Waals surface area (Å²) in [6.07, 6.45) is -0.389. The van der Waals surface area contributed by atoms with Gasteiger partial charge in [0, 0.05) is 10.7 Å². The molecule has 0 spiro atoms. The van der Waals surface area contributed by atoms with Gasteiger partial charge in [0.1, 0.15) is 21.6 Å². The van der Waals surface area contributed by atoms with E-state index in [1.54, 1.807) is 69.4 Å². The van der Waals surface area contributed by atoms with Gasteiger partial charge in [-0.2, -0.15) is 0 Å². The molecule has 0 amide bonds. The first-order valence-corrected chi connectivity index (χ1v) is 12.4. The maximum absolute atomic E-state index is 12.1. The lowest BCUT2D eigenvalue weighted by Crippen LogP contribution is -2.14. The molecule has 0 bridgehead atoms. The molecule has 0 aliphatic rings. The van der Waals surface area contributed by atoms with Crippen molar-refractivity contribution >= 4 is 89.8 Å². The van der Waals surface area contributed by atoms with E-state index in [1.807, 2.05) is 0 Å². The molecule has 2 aromatic carbocycles. The third-order valence-electron chi connectivity index (χ3n) is 3.29. The molecular weight excluding hydrogens is 741 g/mol.